The summed E-state index contributed by atoms with van der Waals surface area (Å²) in [6, 6.07) is 23.1. The van der Waals surface area contributed by atoms with Gasteiger partial charge in [-0.1, -0.05) is 36.4 Å². The Kier molecular flexibility index (Phi) is 6.82. The molecule has 0 aliphatic rings. The third-order valence-corrected chi connectivity index (χ3v) is 5.56. The maximum Gasteiger partial charge on any atom is 0.295 e. The molecule has 0 aliphatic carbocycles. The van der Waals surface area contributed by atoms with E-state index in [0.29, 0.717) is 28.4 Å². The SMILES string of the molecule is Cc1cccc(OCC(=O)Nc2cccc(C(=O)Nc3c(C)n(C)n(-c4ccccc4)c3=O)c2)c1. The average Bonchev–Trinajstić information content (AvgIpc) is 3.06. The molecular formula is C27H26N4O4. The fraction of sp³-hybridized carbons (Fsp3) is 0.148. The molecule has 0 bridgehead atoms. The standard InChI is InChI=1S/C27H26N4O4/c1-18-9-7-14-23(15-18)35-17-24(32)28-21-11-8-10-20(16-21)26(33)29-25-19(2)30(3)31(27(25)34)22-12-5-4-6-13-22/h4-16H,17H2,1-3H3,(H,28,32)(H,29,33). The van der Waals surface area contributed by atoms with Crippen LogP contribution in [0.15, 0.2) is 83.7 Å². The second kappa shape index (κ2) is 10.1. The average molecular weight is 471 g/mol. The zero-order valence-corrected chi connectivity index (χ0v) is 19.7. The molecule has 1 aromatic heterocycles. The number of carbonyl (C=O) groups excluding carboxylic acids is 2. The van der Waals surface area contributed by atoms with Gasteiger partial charge in [-0.3, -0.25) is 19.1 Å². The first-order chi connectivity index (χ1) is 16.8. The first-order valence-corrected chi connectivity index (χ1v) is 11.1. The molecule has 4 aromatic rings. The van der Waals surface area contributed by atoms with Gasteiger partial charge in [-0.2, -0.15) is 0 Å². The number of aromatic nitrogens is 2. The van der Waals surface area contributed by atoms with E-state index in [-0.39, 0.29) is 23.8 Å². The number of amides is 2. The number of hydrogen-bond acceptors (Lipinski definition) is 4. The zero-order valence-electron chi connectivity index (χ0n) is 19.7. The number of aryl methyl sites for hydroxylation is 1. The molecular weight excluding hydrogens is 444 g/mol. The Morgan fingerprint density at radius 2 is 1.63 bits per heavy atom. The summed E-state index contributed by atoms with van der Waals surface area (Å²) < 4.78 is 8.71. The summed E-state index contributed by atoms with van der Waals surface area (Å²) in [4.78, 5) is 38.3. The lowest BCUT2D eigenvalue weighted by Crippen LogP contribution is -2.23. The number of nitrogens with one attached hydrogen (secondary N) is 2. The Hall–Kier alpha value is -4.59. The van der Waals surface area contributed by atoms with Crippen LogP contribution in [0.1, 0.15) is 21.6 Å². The second-order valence-corrected chi connectivity index (χ2v) is 8.12. The molecule has 0 fully saturated rings. The van der Waals surface area contributed by atoms with E-state index < -0.39 is 5.91 Å². The summed E-state index contributed by atoms with van der Waals surface area (Å²) >= 11 is 0. The van der Waals surface area contributed by atoms with Gasteiger partial charge in [-0.25, -0.2) is 4.68 Å². The molecule has 2 N–H and O–H groups in total. The van der Waals surface area contributed by atoms with Gasteiger partial charge >= 0.3 is 0 Å². The van der Waals surface area contributed by atoms with Crippen LogP contribution in [0.4, 0.5) is 11.4 Å². The van der Waals surface area contributed by atoms with Crippen LogP contribution < -0.4 is 20.9 Å². The number of nitrogens with zero attached hydrogens (tertiary/aromatic N) is 2. The van der Waals surface area contributed by atoms with E-state index in [4.69, 9.17) is 4.74 Å². The number of ether oxygens (including phenoxy) is 1. The quantitative estimate of drug-likeness (QED) is 0.426. The van der Waals surface area contributed by atoms with Crippen LogP contribution in [0.25, 0.3) is 5.69 Å². The summed E-state index contributed by atoms with van der Waals surface area (Å²) in [6.45, 7) is 3.54. The molecule has 4 rings (SSSR count). The fourth-order valence-electron chi connectivity index (χ4n) is 3.69. The molecule has 0 spiro atoms. The molecule has 178 valence electrons. The van der Waals surface area contributed by atoms with Crippen molar-refractivity contribution in [1.29, 1.82) is 0 Å². The molecule has 8 heteroatoms. The van der Waals surface area contributed by atoms with Crippen molar-refractivity contribution in [3.8, 4) is 11.4 Å². The highest BCUT2D eigenvalue weighted by Crippen LogP contribution is 2.17. The normalized spacial score (nSPS) is 10.6. The Balaban J connectivity index is 1.46. The second-order valence-electron chi connectivity index (χ2n) is 8.12. The predicted molar refractivity (Wildman–Crippen MR) is 135 cm³/mol. The molecule has 8 nitrogen and oxygen atoms in total. The smallest absolute Gasteiger partial charge is 0.295 e. The van der Waals surface area contributed by atoms with Crippen LogP contribution in [0.3, 0.4) is 0 Å². The van der Waals surface area contributed by atoms with Gasteiger partial charge in [0, 0.05) is 18.3 Å². The molecule has 0 unspecified atom stereocenters. The van der Waals surface area contributed by atoms with Crippen molar-refractivity contribution in [1.82, 2.24) is 9.36 Å². The van der Waals surface area contributed by atoms with Crippen molar-refractivity contribution >= 4 is 23.2 Å². The van der Waals surface area contributed by atoms with E-state index in [1.807, 2.05) is 55.5 Å². The first-order valence-electron chi connectivity index (χ1n) is 11.1. The highest BCUT2D eigenvalue weighted by molar-refractivity contribution is 6.05. The minimum atomic E-state index is -0.455. The zero-order chi connectivity index (χ0) is 24.9. The van der Waals surface area contributed by atoms with Gasteiger partial charge in [0.15, 0.2) is 6.61 Å². The van der Waals surface area contributed by atoms with Crippen molar-refractivity contribution < 1.29 is 14.3 Å². The van der Waals surface area contributed by atoms with Crippen LogP contribution >= 0.6 is 0 Å². The Morgan fingerprint density at radius 3 is 2.37 bits per heavy atom. The minimum absolute atomic E-state index is 0.165. The van der Waals surface area contributed by atoms with E-state index in [1.165, 1.54) is 4.68 Å². The van der Waals surface area contributed by atoms with Gasteiger partial charge in [0.05, 0.1) is 11.4 Å². The van der Waals surface area contributed by atoms with E-state index in [2.05, 4.69) is 10.6 Å². The van der Waals surface area contributed by atoms with Gasteiger partial charge in [0.2, 0.25) is 0 Å². The van der Waals surface area contributed by atoms with Crippen molar-refractivity contribution in [2.45, 2.75) is 13.8 Å². The van der Waals surface area contributed by atoms with E-state index in [9.17, 15) is 14.4 Å². The van der Waals surface area contributed by atoms with Crippen LogP contribution in [0.2, 0.25) is 0 Å². The van der Waals surface area contributed by atoms with Gasteiger partial charge in [-0.15, -0.1) is 0 Å². The summed E-state index contributed by atoms with van der Waals surface area (Å²) in [6.07, 6.45) is 0. The highest BCUT2D eigenvalue weighted by Gasteiger charge is 2.19. The van der Waals surface area contributed by atoms with Crippen molar-refractivity contribution in [2.75, 3.05) is 17.2 Å². The molecule has 2 amide bonds. The maximum atomic E-state index is 13.1. The van der Waals surface area contributed by atoms with Gasteiger partial charge in [-0.05, 0) is 61.9 Å². The molecule has 0 saturated heterocycles. The van der Waals surface area contributed by atoms with Crippen LogP contribution in [-0.2, 0) is 11.8 Å². The third-order valence-electron chi connectivity index (χ3n) is 5.56. The minimum Gasteiger partial charge on any atom is -0.484 e. The molecule has 0 atom stereocenters. The summed E-state index contributed by atoms with van der Waals surface area (Å²) in [7, 11) is 1.76. The van der Waals surface area contributed by atoms with Crippen molar-refractivity contribution in [2.24, 2.45) is 7.05 Å². The van der Waals surface area contributed by atoms with Gasteiger partial charge in [0.1, 0.15) is 11.4 Å². The van der Waals surface area contributed by atoms with Crippen molar-refractivity contribution in [3.63, 3.8) is 0 Å². The van der Waals surface area contributed by atoms with E-state index >= 15 is 0 Å². The lowest BCUT2D eigenvalue weighted by atomic mass is 10.2. The van der Waals surface area contributed by atoms with Crippen LogP contribution in [0.5, 0.6) is 5.75 Å². The fourth-order valence-corrected chi connectivity index (χ4v) is 3.69. The van der Waals surface area contributed by atoms with Crippen molar-refractivity contribution in [3.05, 3.63) is 106 Å². The lowest BCUT2D eigenvalue weighted by molar-refractivity contribution is -0.118. The number of benzene rings is 3. The van der Waals surface area contributed by atoms with Gasteiger partial charge in [0.25, 0.3) is 17.4 Å². The molecule has 1 heterocycles. The third kappa shape index (κ3) is 5.33. The Morgan fingerprint density at radius 1 is 0.886 bits per heavy atom. The Bertz CT molecular complexity index is 1440. The molecule has 3 aromatic carbocycles. The monoisotopic (exact) mass is 470 g/mol. The number of rotatable bonds is 7. The maximum absolute atomic E-state index is 13.1. The predicted octanol–water partition coefficient (Wildman–Crippen LogP) is 4.06. The van der Waals surface area contributed by atoms with E-state index in [1.54, 1.807) is 49.0 Å². The van der Waals surface area contributed by atoms with Crippen LogP contribution in [-0.4, -0.2) is 27.8 Å². The number of anilines is 2. The number of para-hydroxylation sites is 1. The van der Waals surface area contributed by atoms with Gasteiger partial charge < -0.3 is 15.4 Å². The molecule has 0 radical (unpaired) electrons. The molecule has 0 aliphatic heterocycles. The molecule has 35 heavy (non-hydrogen) atoms. The first kappa shape index (κ1) is 23.6. The number of hydrogen-bond donors (Lipinski definition) is 2. The summed E-state index contributed by atoms with van der Waals surface area (Å²) in [5.41, 5.74) is 2.96. The van der Waals surface area contributed by atoms with Crippen LogP contribution in [0, 0.1) is 13.8 Å². The topological polar surface area (TPSA) is 94.4 Å². The van der Waals surface area contributed by atoms with E-state index in [0.717, 1.165) is 5.56 Å². The Labute approximate surface area is 202 Å². The molecule has 0 saturated carbocycles. The highest BCUT2D eigenvalue weighted by atomic mass is 16.5. The summed E-state index contributed by atoms with van der Waals surface area (Å²) in [5.74, 6) is -0.204. The number of carbonyl (C=O) groups is 2. The lowest BCUT2D eigenvalue weighted by Gasteiger charge is -2.09. The summed E-state index contributed by atoms with van der Waals surface area (Å²) in [5, 5.41) is 5.46. The largest absolute Gasteiger partial charge is 0.484 e.